The van der Waals surface area contributed by atoms with Gasteiger partial charge in [0.15, 0.2) is 0 Å². The molecular formula is C10H14N2O4. The molecule has 16 heavy (non-hydrogen) atoms. The molecular weight excluding hydrogens is 212 g/mol. The summed E-state index contributed by atoms with van der Waals surface area (Å²) in [6.45, 7) is 0.100. The number of carboxylic acids is 1. The van der Waals surface area contributed by atoms with Gasteiger partial charge in [-0.15, -0.1) is 0 Å². The zero-order valence-electron chi connectivity index (χ0n) is 8.97. The Morgan fingerprint density at radius 3 is 2.88 bits per heavy atom. The van der Waals surface area contributed by atoms with Crippen molar-refractivity contribution in [3.05, 3.63) is 24.2 Å². The minimum Gasteiger partial charge on any atom is -0.480 e. The normalized spacial score (nSPS) is 9.81. The van der Waals surface area contributed by atoms with Crippen LogP contribution in [0.1, 0.15) is 5.76 Å². The maximum Gasteiger partial charge on any atom is 0.323 e. The first-order valence-corrected chi connectivity index (χ1v) is 4.82. The molecule has 0 aliphatic rings. The first kappa shape index (κ1) is 12.1. The number of likely N-dealkylation sites (N-methyl/N-ethyl adjacent to an activating group) is 1. The Balaban J connectivity index is 2.22. The van der Waals surface area contributed by atoms with Crippen molar-refractivity contribution in [1.29, 1.82) is 0 Å². The van der Waals surface area contributed by atoms with E-state index in [2.05, 4.69) is 5.32 Å². The summed E-state index contributed by atoms with van der Waals surface area (Å²) in [5, 5.41) is 11.1. The van der Waals surface area contributed by atoms with Crippen LogP contribution in [0.15, 0.2) is 22.8 Å². The van der Waals surface area contributed by atoms with Crippen LogP contribution in [-0.2, 0) is 11.2 Å². The zero-order valence-corrected chi connectivity index (χ0v) is 8.97. The van der Waals surface area contributed by atoms with Crippen LogP contribution in [0.2, 0.25) is 0 Å². The van der Waals surface area contributed by atoms with Gasteiger partial charge in [0.2, 0.25) is 0 Å². The smallest absolute Gasteiger partial charge is 0.323 e. The molecule has 1 rings (SSSR count). The standard InChI is InChI=1S/C10H14N2O4/c1-12(7-9(13)14)10(15)11-5-4-8-3-2-6-16-8/h2-3,6H,4-5,7H2,1H3,(H,11,15)(H,13,14). The summed E-state index contributed by atoms with van der Waals surface area (Å²) in [7, 11) is 1.43. The van der Waals surface area contributed by atoms with E-state index in [4.69, 9.17) is 9.52 Å². The van der Waals surface area contributed by atoms with E-state index in [-0.39, 0.29) is 6.54 Å². The van der Waals surface area contributed by atoms with Crippen LogP contribution in [0.25, 0.3) is 0 Å². The Bertz CT molecular complexity index is 348. The molecule has 88 valence electrons. The van der Waals surface area contributed by atoms with Crippen LogP contribution in [-0.4, -0.2) is 42.1 Å². The SMILES string of the molecule is CN(CC(=O)O)C(=O)NCCc1ccco1. The predicted molar refractivity (Wildman–Crippen MR) is 56.1 cm³/mol. The van der Waals surface area contributed by atoms with E-state index in [0.717, 1.165) is 10.7 Å². The van der Waals surface area contributed by atoms with Crippen molar-refractivity contribution in [1.82, 2.24) is 10.2 Å². The number of amides is 2. The lowest BCUT2D eigenvalue weighted by molar-refractivity contribution is -0.137. The van der Waals surface area contributed by atoms with Crippen LogP contribution >= 0.6 is 0 Å². The molecule has 1 heterocycles. The number of rotatable bonds is 5. The summed E-state index contributed by atoms with van der Waals surface area (Å²) in [6, 6.07) is 3.18. The molecule has 2 amide bonds. The van der Waals surface area contributed by atoms with E-state index < -0.39 is 12.0 Å². The monoisotopic (exact) mass is 226 g/mol. The number of carbonyl (C=O) groups is 2. The largest absolute Gasteiger partial charge is 0.480 e. The first-order valence-electron chi connectivity index (χ1n) is 4.82. The van der Waals surface area contributed by atoms with Gasteiger partial charge in [0.25, 0.3) is 0 Å². The average molecular weight is 226 g/mol. The maximum atomic E-state index is 11.3. The number of furan rings is 1. The quantitative estimate of drug-likeness (QED) is 0.768. The Kier molecular flexibility index (Phi) is 4.38. The minimum absolute atomic E-state index is 0.313. The Morgan fingerprint density at radius 1 is 1.56 bits per heavy atom. The van der Waals surface area contributed by atoms with Gasteiger partial charge in [0.05, 0.1) is 6.26 Å². The van der Waals surface area contributed by atoms with Crippen LogP contribution in [0, 0.1) is 0 Å². The number of nitrogens with one attached hydrogen (secondary N) is 1. The zero-order chi connectivity index (χ0) is 12.0. The number of aliphatic carboxylic acids is 1. The molecule has 2 N–H and O–H groups in total. The van der Waals surface area contributed by atoms with Gasteiger partial charge >= 0.3 is 12.0 Å². The molecule has 0 aliphatic heterocycles. The van der Waals surface area contributed by atoms with Gasteiger partial charge in [-0.3, -0.25) is 4.79 Å². The number of urea groups is 1. The van der Waals surface area contributed by atoms with Gasteiger partial charge in [-0.1, -0.05) is 0 Å². The molecule has 0 aromatic carbocycles. The van der Waals surface area contributed by atoms with E-state index in [9.17, 15) is 9.59 Å². The molecule has 1 aromatic rings. The van der Waals surface area contributed by atoms with Gasteiger partial charge in [-0.2, -0.15) is 0 Å². The fourth-order valence-electron chi connectivity index (χ4n) is 1.16. The molecule has 0 spiro atoms. The number of hydrogen-bond acceptors (Lipinski definition) is 3. The van der Waals surface area contributed by atoms with Gasteiger partial charge in [0.1, 0.15) is 12.3 Å². The summed E-state index contributed by atoms with van der Waals surface area (Å²) in [6.07, 6.45) is 2.15. The molecule has 1 aromatic heterocycles. The van der Waals surface area contributed by atoms with Crippen molar-refractivity contribution in [2.24, 2.45) is 0 Å². The second kappa shape index (κ2) is 5.79. The topological polar surface area (TPSA) is 82.8 Å². The fraction of sp³-hybridized carbons (Fsp3) is 0.400. The second-order valence-corrected chi connectivity index (χ2v) is 3.31. The van der Waals surface area contributed by atoms with Crippen molar-refractivity contribution in [3.63, 3.8) is 0 Å². The average Bonchev–Trinajstić information content (AvgIpc) is 2.69. The molecule has 0 aliphatic carbocycles. The number of hydrogen-bond donors (Lipinski definition) is 2. The van der Waals surface area contributed by atoms with E-state index in [0.29, 0.717) is 13.0 Å². The maximum absolute atomic E-state index is 11.3. The predicted octanol–water partition coefficient (Wildman–Crippen LogP) is 0.548. The molecule has 6 heteroatoms. The lowest BCUT2D eigenvalue weighted by Crippen LogP contribution is -2.40. The Morgan fingerprint density at radius 2 is 2.31 bits per heavy atom. The van der Waals surface area contributed by atoms with Gasteiger partial charge in [-0.05, 0) is 12.1 Å². The molecule has 6 nitrogen and oxygen atoms in total. The minimum atomic E-state index is -1.04. The number of carboxylic acid groups (broad SMARTS) is 1. The molecule has 0 fully saturated rings. The van der Waals surface area contributed by atoms with E-state index >= 15 is 0 Å². The van der Waals surface area contributed by atoms with Gasteiger partial charge < -0.3 is 19.7 Å². The molecule has 0 bridgehead atoms. The highest BCUT2D eigenvalue weighted by molar-refractivity contribution is 5.79. The molecule has 0 radical (unpaired) electrons. The van der Waals surface area contributed by atoms with Crippen LogP contribution in [0.5, 0.6) is 0 Å². The Hall–Kier alpha value is -1.98. The van der Waals surface area contributed by atoms with E-state index in [1.54, 1.807) is 12.3 Å². The summed E-state index contributed by atoms with van der Waals surface area (Å²) in [5.41, 5.74) is 0. The van der Waals surface area contributed by atoms with E-state index in [1.807, 2.05) is 6.07 Å². The third kappa shape index (κ3) is 4.04. The lowest BCUT2D eigenvalue weighted by atomic mass is 10.3. The molecule has 0 saturated heterocycles. The third-order valence-electron chi connectivity index (χ3n) is 1.95. The van der Waals surface area contributed by atoms with Gasteiger partial charge in [-0.25, -0.2) is 4.79 Å². The second-order valence-electron chi connectivity index (χ2n) is 3.31. The highest BCUT2D eigenvalue weighted by Gasteiger charge is 2.10. The van der Waals surface area contributed by atoms with Crippen molar-refractivity contribution >= 4 is 12.0 Å². The Labute approximate surface area is 92.8 Å². The number of carbonyl (C=O) groups excluding carboxylic acids is 1. The fourth-order valence-corrected chi connectivity index (χ4v) is 1.16. The van der Waals surface area contributed by atoms with Crippen molar-refractivity contribution in [2.45, 2.75) is 6.42 Å². The van der Waals surface area contributed by atoms with Crippen LogP contribution in [0.4, 0.5) is 4.79 Å². The summed E-state index contributed by atoms with van der Waals surface area (Å²) < 4.78 is 5.08. The summed E-state index contributed by atoms with van der Waals surface area (Å²) in [5.74, 6) is -0.259. The van der Waals surface area contributed by atoms with Crippen LogP contribution in [0.3, 0.4) is 0 Å². The lowest BCUT2D eigenvalue weighted by Gasteiger charge is -2.14. The van der Waals surface area contributed by atoms with Crippen molar-refractivity contribution < 1.29 is 19.1 Å². The third-order valence-corrected chi connectivity index (χ3v) is 1.95. The van der Waals surface area contributed by atoms with Crippen molar-refractivity contribution in [3.8, 4) is 0 Å². The molecule has 0 saturated carbocycles. The van der Waals surface area contributed by atoms with E-state index in [1.165, 1.54) is 7.05 Å². The molecule has 0 unspecified atom stereocenters. The van der Waals surface area contributed by atoms with Crippen LogP contribution < -0.4 is 5.32 Å². The summed E-state index contributed by atoms with van der Waals surface area (Å²) >= 11 is 0. The first-order chi connectivity index (χ1) is 7.59. The number of nitrogens with zero attached hydrogens (tertiary/aromatic N) is 1. The molecule has 0 atom stereocenters. The highest BCUT2D eigenvalue weighted by atomic mass is 16.4. The summed E-state index contributed by atoms with van der Waals surface area (Å²) in [4.78, 5) is 22.8. The van der Waals surface area contributed by atoms with Gasteiger partial charge in [0, 0.05) is 20.0 Å². The van der Waals surface area contributed by atoms with Crippen molar-refractivity contribution in [2.75, 3.05) is 20.1 Å². The highest BCUT2D eigenvalue weighted by Crippen LogP contribution is 1.99.